The quantitative estimate of drug-likeness (QED) is 0.840. The largest absolute Gasteiger partial charge is 0.344 e. The Morgan fingerprint density at radius 2 is 2.05 bits per heavy atom. The zero-order valence-electron chi connectivity index (χ0n) is 12.9. The maximum absolute atomic E-state index is 11.7. The predicted molar refractivity (Wildman–Crippen MR) is 89.7 cm³/mol. The van der Waals surface area contributed by atoms with E-state index in [4.69, 9.17) is 18.0 Å². The molecule has 1 aliphatic heterocycles. The third kappa shape index (κ3) is 4.48. The highest BCUT2D eigenvalue weighted by Gasteiger charge is 2.24. The lowest BCUT2D eigenvalue weighted by Crippen LogP contribution is -2.50. The van der Waals surface area contributed by atoms with Crippen molar-refractivity contribution in [1.29, 1.82) is 0 Å². The van der Waals surface area contributed by atoms with Gasteiger partial charge in [0.1, 0.15) is 0 Å². The van der Waals surface area contributed by atoms with Crippen molar-refractivity contribution in [3.8, 4) is 12.3 Å². The van der Waals surface area contributed by atoms with E-state index in [1.807, 2.05) is 18.2 Å². The second-order valence-electron chi connectivity index (χ2n) is 5.49. The van der Waals surface area contributed by atoms with Crippen molar-refractivity contribution < 1.29 is 4.79 Å². The van der Waals surface area contributed by atoms with Crippen molar-refractivity contribution in [3.05, 3.63) is 34.9 Å². The number of nitrogens with zero attached hydrogens (tertiary/aromatic N) is 2. The van der Waals surface area contributed by atoms with Gasteiger partial charge in [0.15, 0.2) is 0 Å². The smallest absolute Gasteiger partial charge is 0.234 e. The van der Waals surface area contributed by atoms with E-state index in [0.29, 0.717) is 13.1 Å². The highest BCUT2D eigenvalue weighted by atomic mass is 35.5. The van der Waals surface area contributed by atoms with E-state index in [0.717, 1.165) is 36.8 Å². The molecular formula is C17H22ClN3O. The van der Waals surface area contributed by atoms with Gasteiger partial charge in [0, 0.05) is 37.2 Å². The van der Waals surface area contributed by atoms with Gasteiger partial charge in [-0.25, -0.2) is 0 Å². The maximum atomic E-state index is 11.7. The van der Waals surface area contributed by atoms with Crippen LogP contribution in [0.1, 0.15) is 18.5 Å². The van der Waals surface area contributed by atoms with Crippen molar-refractivity contribution in [3.63, 3.8) is 0 Å². The molecule has 1 aromatic carbocycles. The molecular weight excluding hydrogens is 298 g/mol. The average Bonchev–Trinajstić information content (AvgIpc) is 2.53. The van der Waals surface area contributed by atoms with Gasteiger partial charge < -0.3 is 5.32 Å². The topological polar surface area (TPSA) is 35.6 Å². The van der Waals surface area contributed by atoms with Crippen LogP contribution in [0.25, 0.3) is 0 Å². The molecule has 1 fully saturated rings. The first-order valence-corrected chi connectivity index (χ1v) is 7.90. The van der Waals surface area contributed by atoms with Gasteiger partial charge in [0.25, 0.3) is 0 Å². The Labute approximate surface area is 137 Å². The Kier molecular flexibility index (Phi) is 6.26. The first-order chi connectivity index (χ1) is 10.6. The van der Waals surface area contributed by atoms with E-state index < -0.39 is 0 Å². The highest BCUT2D eigenvalue weighted by molar-refractivity contribution is 6.31. The van der Waals surface area contributed by atoms with Crippen molar-refractivity contribution in [2.75, 3.05) is 39.3 Å². The first-order valence-electron chi connectivity index (χ1n) is 7.53. The molecule has 0 bridgehead atoms. The van der Waals surface area contributed by atoms with Gasteiger partial charge in [-0.1, -0.05) is 35.7 Å². The molecule has 1 N–H and O–H groups in total. The number of carbonyl (C=O) groups excluding carboxylic acids is 1. The summed E-state index contributed by atoms with van der Waals surface area (Å²) in [6.45, 7) is 6.48. The number of piperazine rings is 1. The monoisotopic (exact) mass is 319 g/mol. The van der Waals surface area contributed by atoms with E-state index >= 15 is 0 Å². The second-order valence-corrected chi connectivity index (χ2v) is 5.90. The number of hydrogen-bond acceptors (Lipinski definition) is 3. The summed E-state index contributed by atoms with van der Waals surface area (Å²) in [4.78, 5) is 16.2. The summed E-state index contributed by atoms with van der Waals surface area (Å²) < 4.78 is 0. The molecule has 1 aliphatic rings. The van der Waals surface area contributed by atoms with Gasteiger partial charge in [-0.2, -0.15) is 0 Å². The lowest BCUT2D eigenvalue weighted by atomic mass is 10.1. The predicted octanol–water partition coefficient (Wildman–Crippen LogP) is 1.77. The highest BCUT2D eigenvalue weighted by Crippen LogP contribution is 2.27. The molecule has 5 heteroatoms. The van der Waals surface area contributed by atoms with Gasteiger partial charge in [-0.3, -0.25) is 14.6 Å². The first kappa shape index (κ1) is 16.8. The average molecular weight is 320 g/mol. The van der Waals surface area contributed by atoms with Crippen LogP contribution < -0.4 is 5.32 Å². The Bertz CT molecular complexity index is 547. The molecule has 4 nitrogen and oxygen atoms in total. The minimum Gasteiger partial charge on any atom is -0.344 e. The summed E-state index contributed by atoms with van der Waals surface area (Å²) >= 11 is 6.28. The number of nitrogens with one attached hydrogen (secondary N) is 1. The van der Waals surface area contributed by atoms with Crippen molar-refractivity contribution in [2.45, 2.75) is 13.0 Å². The standard InChI is InChI=1S/C17H22ClN3O/c1-3-8-19-17(22)13-20-9-11-21(12-10-20)14(2)15-6-4-5-7-16(15)18/h1,4-7,14H,8-13H2,2H3,(H,19,22). The summed E-state index contributed by atoms with van der Waals surface area (Å²) in [5.74, 6) is 2.40. The van der Waals surface area contributed by atoms with Crippen molar-refractivity contribution in [2.24, 2.45) is 0 Å². The molecule has 0 spiro atoms. The molecule has 22 heavy (non-hydrogen) atoms. The van der Waals surface area contributed by atoms with Crippen LogP contribution >= 0.6 is 11.6 Å². The SMILES string of the molecule is C#CCNC(=O)CN1CCN(C(C)c2ccccc2Cl)CC1. The zero-order valence-corrected chi connectivity index (χ0v) is 13.6. The molecule has 0 aromatic heterocycles. The van der Waals surface area contributed by atoms with E-state index in [-0.39, 0.29) is 11.9 Å². The van der Waals surface area contributed by atoms with Crippen LogP contribution in [0.4, 0.5) is 0 Å². The lowest BCUT2D eigenvalue weighted by molar-refractivity contribution is -0.122. The van der Waals surface area contributed by atoms with Crippen LogP contribution in [-0.4, -0.2) is 55.0 Å². The van der Waals surface area contributed by atoms with Crippen LogP contribution in [0.3, 0.4) is 0 Å². The fourth-order valence-corrected chi connectivity index (χ4v) is 3.02. The molecule has 118 valence electrons. The fraction of sp³-hybridized carbons (Fsp3) is 0.471. The second kappa shape index (κ2) is 8.19. The summed E-state index contributed by atoms with van der Waals surface area (Å²) in [6.07, 6.45) is 5.13. The number of terminal acetylenes is 1. The van der Waals surface area contributed by atoms with E-state index in [1.54, 1.807) is 0 Å². The maximum Gasteiger partial charge on any atom is 0.234 e. The van der Waals surface area contributed by atoms with Crippen LogP contribution in [-0.2, 0) is 4.79 Å². The Morgan fingerprint density at radius 1 is 1.36 bits per heavy atom. The van der Waals surface area contributed by atoms with Gasteiger partial charge in [-0.05, 0) is 18.6 Å². The van der Waals surface area contributed by atoms with Gasteiger partial charge in [0.05, 0.1) is 13.1 Å². The summed E-state index contributed by atoms with van der Waals surface area (Å²) in [5, 5.41) is 3.51. The molecule has 0 saturated carbocycles. The number of amides is 1. The number of carbonyl (C=O) groups is 1. The van der Waals surface area contributed by atoms with Crippen molar-refractivity contribution in [1.82, 2.24) is 15.1 Å². The summed E-state index contributed by atoms with van der Waals surface area (Å²) in [7, 11) is 0. The summed E-state index contributed by atoms with van der Waals surface area (Å²) in [5.41, 5.74) is 1.16. The Morgan fingerprint density at radius 3 is 2.68 bits per heavy atom. The van der Waals surface area contributed by atoms with Crippen LogP contribution in [0.15, 0.2) is 24.3 Å². The van der Waals surface area contributed by atoms with E-state index in [2.05, 4.69) is 34.0 Å². The lowest BCUT2D eigenvalue weighted by Gasteiger charge is -2.38. The van der Waals surface area contributed by atoms with E-state index in [9.17, 15) is 4.79 Å². The minimum atomic E-state index is -0.00875. The van der Waals surface area contributed by atoms with Gasteiger partial charge in [0.2, 0.25) is 5.91 Å². The fourth-order valence-electron chi connectivity index (χ4n) is 2.73. The molecule has 1 aromatic rings. The number of hydrogen-bond donors (Lipinski definition) is 1. The van der Waals surface area contributed by atoms with Crippen LogP contribution in [0, 0.1) is 12.3 Å². The van der Waals surface area contributed by atoms with E-state index in [1.165, 1.54) is 0 Å². The van der Waals surface area contributed by atoms with Crippen LogP contribution in [0.5, 0.6) is 0 Å². The molecule has 0 radical (unpaired) electrons. The third-order valence-electron chi connectivity index (χ3n) is 4.06. The number of rotatable bonds is 5. The molecule has 1 heterocycles. The Hall–Kier alpha value is -1.54. The molecule has 2 rings (SSSR count). The molecule has 1 atom stereocenters. The molecule has 1 unspecified atom stereocenters. The number of benzene rings is 1. The normalized spacial score (nSPS) is 17.7. The number of halogens is 1. The molecule has 1 saturated heterocycles. The molecule has 0 aliphatic carbocycles. The van der Waals surface area contributed by atoms with Crippen molar-refractivity contribution >= 4 is 17.5 Å². The third-order valence-corrected chi connectivity index (χ3v) is 4.41. The minimum absolute atomic E-state index is 0.00875. The van der Waals surface area contributed by atoms with Gasteiger partial charge >= 0.3 is 0 Å². The summed E-state index contributed by atoms with van der Waals surface area (Å²) in [6, 6.07) is 8.26. The Balaban J connectivity index is 1.83. The van der Waals surface area contributed by atoms with Gasteiger partial charge in [-0.15, -0.1) is 6.42 Å². The zero-order chi connectivity index (χ0) is 15.9. The molecule has 1 amide bonds. The van der Waals surface area contributed by atoms with Crippen LogP contribution in [0.2, 0.25) is 5.02 Å².